The Bertz CT molecular complexity index is 1230. The topological polar surface area (TPSA) is 50.9 Å². The van der Waals surface area contributed by atoms with E-state index in [0.717, 1.165) is 47.2 Å². The molecule has 3 nitrogen and oxygen atoms in total. The molecule has 3 aromatic rings. The average molecular weight is 482 g/mol. The number of hydrogen-bond donors (Lipinski definition) is 2. The Morgan fingerprint density at radius 2 is 1.47 bits per heavy atom. The lowest BCUT2D eigenvalue weighted by molar-refractivity contribution is 0.447. The van der Waals surface area contributed by atoms with Crippen LogP contribution in [0.2, 0.25) is 0 Å². The van der Waals surface area contributed by atoms with Gasteiger partial charge < -0.3 is 0 Å². The van der Waals surface area contributed by atoms with Gasteiger partial charge in [-0.2, -0.15) is 0 Å². The zero-order chi connectivity index (χ0) is 26.7. The van der Waals surface area contributed by atoms with Crippen LogP contribution in [0.1, 0.15) is 83.1 Å². The van der Waals surface area contributed by atoms with Gasteiger partial charge in [-0.05, 0) is 60.1 Å². The molecule has 0 aromatic heterocycles. The Hall–Kier alpha value is -3.20. The fourth-order valence-corrected chi connectivity index (χ4v) is 4.59. The highest BCUT2D eigenvalue weighted by atomic mass is 15.2. The van der Waals surface area contributed by atoms with Crippen molar-refractivity contribution >= 4 is 17.4 Å². The molecule has 3 rings (SSSR count). The van der Waals surface area contributed by atoms with Crippen LogP contribution in [0, 0.1) is 30.1 Å². The quantitative estimate of drug-likeness (QED) is 0.256. The summed E-state index contributed by atoms with van der Waals surface area (Å²) in [6.07, 6.45) is 3.06. The van der Waals surface area contributed by atoms with Crippen LogP contribution in [0.3, 0.4) is 0 Å². The minimum Gasteiger partial charge on any atom is -0.287 e. The first-order valence-corrected chi connectivity index (χ1v) is 13.1. The third-order valence-electron chi connectivity index (χ3n) is 7.06. The number of amidine groups is 2. The molecule has 0 fully saturated rings. The van der Waals surface area contributed by atoms with Crippen LogP contribution in [0.5, 0.6) is 0 Å². The normalized spacial score (nSPS) is 11.9. The number of anilines is 1. The van der Waals surface area contributed by atoms with E-state index in [1.165, 1.54) is 11.1 Å². The summed E-state index contributed by atoms with van der Waals surface area (Å²) in [7, 11) is 0. The molecule has 0 saturated carbocycles. The van der Waals surface area contributed by atoms with E-state index in [2.05, 4.69) is 110 Å². The van der Waals surface area contributed by atoms with Crippen LogP contribution in [-0.4, -0.2) is 11.7 Å². The van der Waals surface area contributed by atoms with Crippen LogP contribution >= 0.6 is 0 Å². The van der Waals surface area contributed by atoms with Gasteiger partial charge in [0.05, 0.1) is 5.69 Å². The number of nitrogens with one attached hydrogen (secondary N) is 2. The van der Waals surface area contributed by atoms with E-state index in [1.807, 2.05) is 17.0 Å². The summed E-state index contributed by atoms with van der Waals surface area (Å²) in [4.78, 5) is 1.85. The Morgan fingerprint density at radius 3 is 2.06 bits per heavy atom. The Labute approximate surface area is 218 Å². The van der Waals surface area contributed by atoms with Crippen molar-refractivity contribution in [1.82, 2.24) is 0 Å². The van der Waals surface area contributed by atoms with Gasteiger partial charge in [0.15, 0.2) is 0 Å². The van der Waals surface area contributed by atoms with Crippen LogP contribution in [0.4, 0.5) is 5.69 Å². The van der Waals surface area contributed by atoms with Gasteiger partial charge in [0.25, 0.3) is 0 Å². The minimum atomic E-state index is -0.347. The maximum Gasteiger partial charge on any atom is 0.138 e. The van der Waals surface area contributed by atoms with Crippen LogP contribution in [-0.2, 0) is 5.41 Å². The number of hydrogen-bond acceptors (Lipinski definition) is 2. The number of aryl methyl sites for hydroxylation is 2. The Kier molecular flexibility index (Phi) is 8.23. The second-order valence-corrected chi connectivity index (χ2v) is 11.7. The second-order valence-electron chi connectivity index (χ2n) is 11.7. The van der Waals surface area contributed by atoms with Gasteiger partial charge in [0.2, 0.25) is 0 Å². The molecule has 0 amide bonds. The van der Waals surface area contributed by atoms with Gasteiger partial charge in [-0.25, -0.2) is 0 Å². The fraction of sp³-hybridized carbons (Fsp3) is 0.394. The van der Waals surface area contributed by atoms with Crippen molar-refractivity contribution in [2.45, 2.75) is 80.1 Å². The fourth-order valence-electron chi connectivity index (χ4n) is 4.59. The smallest absolute Gasteiger partial charge is 0.138 e. The molecular formula is C33H43N3. The number of unbranched alkanes of at least 4 members (excludes halogenated alkanes) is 1. The van der Waals surface area contributed by atoms with E-state index in [0.29, 0.717) is 11.7 Å². The van der Waals surface area contributed by atoms with E-state index in [-0.39, 0.29) is 10.8 Å². The molecule has 0 aliphatic heterocycles. The van der Waals surface area contributed by atoms with Crippen molar-refractivity contribution in [2.24, 2.45) is 5.41 Å². The summed E-state index contributed by atoms with van der Waals surface area (Å²) in [5.74, 6) is 0.803. The average Bonchev–Trinajstić information content (AvgIpc) is 2.83. The van der Waals surface area contributed by atoms with Crippen LogP contribution < -0.4 is 4.90 Å². The summed E-state index contributed by atoms with van der Waals surface area (Å²) < 4.78 is 0. The molecule has 190 valence electrons. The number of nitrogens with zero attached hydrogens (tertiary/aromatic N) is 1. The second kappa shape index (κ2) is 10.8. The van der Waals surface area contributed by atoms with Crippen molar-refractivity contribution in [3.63, 3.8) is 0 Å². The molecular weight excluding hydrogens is 438 g/mol. The molecule has 0 aliphatic carbocycles. The summed E-state index contributed by atoms with van der Waals surface area (Å²) in [5.41, 5.74) is 7.25. The molecule has 0 bridgehead atoms. The maximum atomic E-state index is 9.32. The summed E-state index contributed by atoms with van der Waals surface area (Å²) >= 11 is 0. The van der Waals surface area contributed by atoms with Crippen molar-refractivity contribution in [2.75, 3.05) is 4.90 Å². The monoisotopic (exact) mass is 481 g/mol. The summed E-state index contributed by atoms with van der Waals surface area (Å²) in [5, 5.41) is 18.6. The lowest BCUT2D eigenvalue weighted by Crippen LogP contribution is -2.45. The Morgan fingerprint density at radius 1 is 0.806 bits per heavy atom. The molecule has 0 aliphatic rings. The third-order valence-corrected chi connectivity index (χ3v) is 7.06. The number of rotatable bonds is 7. The third kappa shape index (κ3) is 6.13. The van der Waals surface area contributed by atoms with Crippen molar-refractivity contribution < 1.29 is 0 Å². The molecule has 3 aromatic carbocycles. The molecule has 3 heteroatoms. The highest BCUT2D eigenvalue weighted by molar-refractivity contribution is 6.24. The van der Waals surface area contributed by atoms with Crippen LogP contribution in [0.25, 0.3) is 11.1 Å². The highest BCUT2D eigenvalue weighted by Crippen LogP contribution is 2.33. The first-order chi connectivity index (χ1) is 16.8. The summed E-state index contributed by atoms with van der Waals surface area (Å²) in [6, 6.07) is 23.2. The molecule has 0 unspecified atom stereocenters. The molecule has 0 radical (unpaired) electrons. The standard InChI is InChI=1S/C33H43N3/c1-9-10-20-33(7,8)31(35)36(29-19-14-23(2)21-24(29)3)30(34)27-13-11-12-26(22-27)25-15-17-28(18-16-25)32(4,5)6/h11-19,21-22,34-35H,9-10,20H2,1-8H3. The van der Waals surface area contributed by atoms with Crippen molar-refractivity contribution in [3.05, 3.63) is 89.0 Å². The lowest BCUT2D eigenvalue weighted by Gasteiger charge is -2.36. The lowest BCUT2D eigenvalue weighted by atomic mass is 9.84. The van der Waals surface area contributed by atoms with Gasteiger partial charge in [0, 0.05) is 11.0 Å². The zero-order valence-electron chi connectivity index (χ0n) is 23.4. The highest BCUT2D eigenvalue weighted by Gasteiger charge is 2.32. The SMILES string of the molecule is CCCCC(C)(C)C(=N)N(C(=N)c1cccc(-c2ccc(C(C)(C)C)cc2)c1)c1ccc(C)cc1C. The first-order valence-electron chi connectivity index (χ1n) is 13.1. The number of benzene rings is 3. The van der Waals surface area contributed by atoms with E-state index in [9.17, 15) is 10.8 Å². The van der Waals surface area contributed by atoms with E-state index < -0.39 is 0 Å². The predicted molar refractivity (Wildman–Crippen MR) is 157 cm³/mol. The van der Waals surface area contributed by atoms with Gasteiger partial charge in [0.1, 0.15) is 11.7 Å². The molecule has 0 saturated heterocycles. The van der Waals surface area contributed by atoms with Crippen molar-refractivity contribution in [3.8, 4) is 11.1 Å². The molecule has 0 heterocycles. The Balaban J connectivity index is 2.04. The van der Waals surface area contributed by atoms with Crippen molar-refractivity contribution in [1.29, 1.82) is 10.8 Å². The van der Waals surface area contributed by atoms with Crippen LogP contribution in [0.15, 0.2) is 66.7 Å². The van der Waals surface area contributed by atoms with E-state index in [1.54, 1.807) is 0 Å². The zero-order valence-corrected chi connectivity index (χ0v) is 23.4. The van der Waals surface area contributed by atoms with E-state index in [4.69, 9.17) is 0 Å². The van der Waals surface area contributed by atoms with Gasteiger partial charge in [-0.1, -0.05) is 115 Å². The predicted octanol–water partition coefficient (Wildman–Crippen LogP) is 9.29. The van der Waals surface area contributed by atoms with Gasteiger partial charge >= 0.3 is 0 Å². The molecule has 0 spiro atoms. The molecule has 0 atom stereocenters. The summed E-state index contributed by atoms with van der Waals surface area (Å²) in [6.45, 7) is 17.3. The van der Waals surface area contributed by atoms with Gasteiger partial charge in [-0.3, -0.25) is 15.7 Å². The van der Waals surface area contributed by atoms with Gasteiger partial charge in [-0.15, -0.1) is 0 Å². The molecule has 36 heavy (non-hydrogen) atoms. The largest absolute Gasteiger partial charge is 0.287 e. The first kappa shape index (κ1) is 27.4. The van der Waals surface area contributed by atoms with E-state index >= 15 is 0 Å². The minimum absolute atomic E-state index is 0.111. The maximum absolute atomic E-state index is 9.32. The molecule has 2 N–H and O–H groups in total.